The van der Waals surface area contributed by atoms with Gasteiger partial charge in [0.25, 0.3) is 0 Å². The van der Waals surface area contributed by atoms with Gasteiger partial charge < -0.3 is 10.0 Å². The third-order valence-electron chi connectivity index (χ3n) is 6.49. The normalized spacial score (nSPS) is 15.1. The molecule has 5 rings (SSSR count). The second-order valence-electron chi connectivity index (χ2n) is 8.51. The van der Waals surface area contributed by atoms with E-state index in [1.165, 1.54) is 29.8 Å². The molecular weight excluding hydrogens is 474 g/mol. The highest BCUT2D eigenvalue weighted by atomic mass is 35.5. The van der Waals surface area contributed by atoms with Gasteiger partial charge in [0.1, 0.15) is 17.5 Å². The lowest BCUT2D eigenvalue weighted by Crippen LogP contribution is -2.36. The Morgan fingerprint density at radius 2 is 1.40 bits per heavy atom. The van der Waals surface area contributed by atoms with Crippen LogP contribution >= 0.6 is 12.4 Å². The summed E-state index contributed by atoms with van der Waals surface area (Å²) in [7, 11) is 1.00. The molecule has 1 saturated heterocycles. The van der Waals surface area contributed by atoms with E-state index in [2.05, 4.69) is 10.00 Å². The number of piperidine rings is 1. The molecule has 9 heteroatoms. The monoisotopic (exact) mass is 504 g/mol. The number of nitrogens with zero attached hydrogens (tertiary/aromatic N) is 4. The molecule has 0 atom stereocenters. The molecule has 0 radical (unpaired) electrons. The lowest BCUT2D eigenvalue weighted by atomic mass is 9.88. The van der Waals surface area contributed by atoms with Crippen LogP contribution in [-0.2, 0) is 19.5 Å². The smallest absolute Gasteiger partial charge is 0.345 e. The molecule has 6 nitrogen and oxygen atoms in total. The van der Waals surface area contributed by atoms with Gasteiger partial charge in [0.15, 0.2) is 0 Å². The van der Waals surface area contributed by atoms with E-state index in [0.717, 1.165) is 81.5 Å². The molecule has 3 heterocycles. The average molecular weight is 505 g/mol. The molecule has 3 aromatic rings. The fourth-order valence-electron chi connectivity index (χ4n) is 4.78. The third-order valence-corrected chi connectivity index (χ3v) is 6.49. The maximum Gasteiger partial charge on any atom is 0.345 e. The van der Waals surface area contributed by atoms with E-state index in [1.807, 2.05) is 0 Å². The summed E-state index contributed by atoms with van der Waals surface area (Å²) in [5, 5.41) is 11.5. The molecule has 0 unspecified atom stereocenters. The summed E-state index contributed by atoms with van der Waals surface area (Å²) >= 11 is 0. The Bertz CT molecular complexity index is 1150. The first kappa shape index (κ1) is 26.8. The Hall–Kier alpha value is -2.81. The predicted molar refractivity (Wildman–Crippen MR) is 135 cm³/mol. The zero-order chi connectivity index (χ0) is 24.1. The van der Waals surface area contributed by atoms with Crippen molar-refractivity contribution in [1.29, 1.82) is 0 Å². The summed E-state index contributed by atoms with van der Waals surface area (Å²) < 4.78 is 30.4. The van der Waals surface area contributed by atoms with Gasteiger partial charge in [-0.1, -0.05) is 29.8 Å². The van der Waals surface area contributed by atoms with Gasteiger partial charge in [-0.2, -0.15) is 5.10 Å². The van der Waals surface area contributed by atoms with Crippen molar-refractivity contribution in [3.8, 4) is 0 Å². The average Bonchev–Trinajstić information content (AvgIpc) is 3.45. The highest BCUT2D eigenvalue weighted by Gasteiger charge is 2.21. The van der Waals surface area contributed by atoms with Gasteiger partial charge >= 0.3 is 5.69 Å². The third kappa shape index (κ3) is 6.07. The molecule has 0 aliphatic carbocycles. The molecule has 35 heavy (non-hydrogen) atoms. The second kappa shape index (κ2) is 12.2. The van der Waals surface area contributed by atoms with E-state index in [4.69, 9.17) is 5.11 Å². The molecule has 1 N–H and O–H groups in total. The van der Waals surface area contributed by atoms with Crippen molar-refractivity contribution in [3.05, 3.63) is 93.2 Å². The number of halogens is 3. The van der Waals surface area contributed by atoms with Crippen LogP contribution < -0.4 is 5.69 Å². The van der Waals surface area contributed by atoms with E-state index in [9.17, 15) is 13.6 Å². The molecule has 2 aromatic carbocycles. The molecule has 188 valence electrons. The summed E-state index contributed by atoms with van der Waals surface area (Å²) in [6.07, 6.45) is 3.64. The van der Waals surface area contributed by atoms with Crippen LogP contribution in [0.15, 0.2) is 58.9 Å². The van der Waals surface area contributed by atoms with Crippen molar-refractivity contribution in [3.63, 3.8) is 0 Å². The van der Waals surface area contributed by atoms with Crippen molar-refractivity contribution in [2.45, 2.75) is 38.8 Å². The summed E-state index contributed by atoms with van der Waals surface area (Å²) in [6.45, 7) is 3.92. The maximum atomic E-state index is 13.5. The predicted octanol–water partition coefficient (Wildman–Crippen LogP) is 3.90. The topological polar surface area (TPSA) is 63.3 Å². The van der Waals surface area contributed by atoms with Gasteiger partial charge in [0, 0.05) is 39.7 Å². The van der Waals surface area contributed by atoms with Gasteiger partial charge in [0.2, 0.25) is 0 Å². The lowest BCUT2D eigenvalue weighted by molar-refractivity contribution is 0.241. The second-order valence-corrected chi connectivity index (χ2v) is 8.51. The van der Waals surface area contributed by atoms with Crippen LogP contribution in [0.1, 0.15) is 36.2 Å². The zero-order valence-corrected chi connectivity index (χ0v) is 20.6. The minimum absolute atomic E-state index is 0. The van der Waals surface area contributed by atoms with Crippen LogP contribution in [0.3, 0.4) is 0 Å². The Morgan fingerprint density at radius 1 is 0.857 bits per heavy atom. The highest BCUT2D eigenvalue weighted by molar-refractivity contribution is 5.85. The van der Waals surface area contributed by atoms with Crippen molar-refractivity contribution < 1.29 is 13.9 Å². The SMILES string of the molecule is CO.Cl.O=c1n(CCN2CCC(=C(c3ccc(F)cc3)c3ccc(F)cc3)CC2)nc2n1CCC2. The summed E-state index contributed by atoms with van der Waals surface area (Å²) in [5.41, 5.74) is 4.25. The molecule has 1 aromatic heterocycles. The van der Waals surface area contributed by atoms with E-state index in [0.29, 0.717) is 6.54 Å². The van der Waals surface area contributed by atoms with Gasteiger partial charge in [-0.15, -0.1) is 12.4 Å². The molecule has 1 fully saturated rings. The number of aliphatic hydroxyl groups is 1. The molecule has 2 aliphatic rings. The number of aromatic nitrogens is 3. The minimum atomic E-state index is -0.271. The molecule has 2 aliphatic heterocycles. The number of hydrogen-bond donors (Lipinski definition) is 1. The van der Waals surface area contributed by atoms with Crippen molar-refractivity contribution in [1.82, 2.24) is 19.2 Å². The maximum absolute atomic E-state index is 13.5. The molecule has 0 amide bonds. The molecular formula is C26H31ClF2N4O2. The van der Waals surface area contributed by atoms with E-state index >= 15 is 0 Å². The number of fused-ring (bicyclic) bond motifs is 1. The lowest BCUT2D eigenvalue weighted by Gasteiger charge is -2.30. The first-order valence-corrected chi connectivity index (χ1v) is 11.7. The molecule has 0 bridgehead atoms. The van der Waals surface area contributed by atoms with E-state index < -0.39 is 0 Å². The largest absolute Gasteiger partial charge is 0.400 e. The first-order chi connectivity index (χ1) is 16.6. The quantitative estimate of drug-likeness (QED) is 0.572. The van der Waals surface area contributed by atoms with Gasteiger partial charge in [-0.05, 0) is 60.2 Å². The van der Waals surface area contributed by atoms with Crippen LogP contribution in [-0.4, -0.2) is 51.1 Å². The van der Waals surface area contributed by atoms with Crippen LogP contribution in [0, 0.1) is 11.6 Å². The van der Waals surface area contributed by atoms with Crippen molar-refractivity contribution in [2.75, 3.05) is 26.7 Å². The van der Waals surface area contributed by atoms with Crippen LogP contribution in [0.25, 0.3) is 5.57 Å². The molecule has 0 spiro atoms. The first-order valence-electron chi connectivity index (χ1n) is 11.7. The summed E-state index contributed by atoms with van der Waals surface area (Å²) in [4.78, 5) is 14.8. The Morgan fingerprint density at radius 3 is 1.91 bits per heavy atom. The van der Waals surface area contributed by atoms with Gasteiger partial charge in [-0.25, -0.2) is 18.3 Å². The molecule has 0 saturated carbocycles. The van der Waals surface area contributed by atoms with Crippen LogP contribution in [0.5, 0.6) is 0 Å². The summed E-state index contributed by atoms with van der Waals surface area (Å²) in [5.74, 6) is 0.363. The van der Waals surface area contributed by atoms with Crippen LogP contribution in [0.4, 0.5) is 8.78 Å². The fraction of sp³-hybridized carbons (Fsp3) is 0.385. The zero-order valence-electron chi connectivity index (χ0n) is 19.8. The standard InChI is InChI=1S/C25H26F2N4O.CH4O.ClH/c26-21-7-3-18(4-8-21)24(19-5-9-22(27)10-6-19)20-11-14-29(15-12-20)16-17-31-25(32)30-13-1-2-23(30)28-31;1-2;/h3-10H,1-2,11-17H2;2H,1H3;1H. The number of benzene rings is 2. The van der Waals surface area contributed by atoms with Gasteiger partial charge in [0.05, 0.1) is 6.54 Å². The Balaban J connectivity index is 0.00000111. The van der Waals surface area contributed by atoms with E-state index in [-0.39, 0.29) is 29.7 Å². The van der Waals surface area contributed by atoms with Gasteiger partial charge in [-0.3, -0.25) is 4.57 Å². The minimum Gasteiger partial charge on any atom is -0.400 e. The Labute approximate surface area is 209 Å². The van der Waals surface area contributed by atoms with Crippen molar-refractivity contribution in [2.24, 2.45) is 0 Å². The van der Waals surface area contributed by atoms with E-state index in [1.54, 1.807) is 33.5 Å². The van der Waals surface area contributed by atoms with Crippen LogP contribution in [0.2, 0.25) is 0 Å². The highest BCUT2D eigenvalue weighted by Crippen LogP contribution is 2.32. The summed E-state index contributed by atoms with van der Waals surface area (Å²) in [6, 6.07) is 13.0. The van der Waals surface area contributed by atoms with Crippen molar-refractivity contribution >= 4 is 18.0 Å². The Kier molecular flexibility index (Phi) is 9.37. The number of aryl methyl sites for hydroxylation is 1. The fourth-order valence-corrected chi connectivity index (χ4v) is 4.78. The number of hydrogen-bond acceptors (Lipinski definition) is 4. The number of likely N-dealkylation sites (tertiary alicyclic amines) is 1. The number of rotatable bonds is 5. The number of aliphatic hydroxyl groups excluding tert-OH is 1.